The average Bonchev–Trinajstić information content (AvgIpc) is 2.58. The van der Waals surface area contributed by atoms with E-state index in [2.05, 4.69) is 10.6 Å². The fraction of sp³-hybridized carbons (Fsp3) is 0.389. The van der Waals surface area contributed by atoms with Crippen LogP contribution in [-0.4, -0.2) is 51.9 Å². The number of sulfone groups is 1. The maximum Gasteiger partial charge on any atom is 0.338 e. The van der Waals surface area contributed by atoms with Gasteiger partial charge in [0.25, 0.3) is 0 Å². The fourth-order valence-electron chi connectivity index (χ4n) is 2.65. The summed E-state index contributed by atoms with van der Waals surface area (Å²) in [7, 11) is -3.18. The molecule has 2 N–H and O–H groups in total. The molecule has 1 aromatic rings. The molecule has 0 bridgehead atoms. The first-order valence-electron chi connectivity index (χ1n) is 8.52. The Bertz CT molecular complexity index is 904. The van der Waals surface area contributed by atoms with Crippen molar-refractivity contribution in [2.45, 2.75) is 25.6 Å². The predicted octanol–water partition coefficient (Wildman–Crippen LogP) is 0.906. The van der Waals surface area contributed by atoms with Gasteiger partial charge in [0.05, 0.1) is 35.2 Å². The Morgan fingerprint density at radius 1 is 1.11 bits per heavy atom. The molecule has 1 heterocycles. The molecule has 1 aromatic carbocycles. The normalized spacial score (nSPS) is 16.8. The molecule has 0 radical (unpaired) electrons. The first-order valence-corrected chi connectivity index (χ1v) is 10.6. The second kappa shape index (κ2) is 8.87. The summed E-state index contributed by atoms with van der Waals surface area (Å²) in [5.74, 6) is -1.42. The highest BCUT2D eigenvalue weighted by Crippen LogP contribution is 2.16. The monoisotopic (exact) mass is 410 g/mol. The van der Waals surface area contributed by atoms with Crippen LogP contribution in [0.25, 0.3) is 0 Å². The number of hydrogen-bond acceptors (Lipinski definition) is 7. The lowest BCUT2D eigenvalue weighted by Crippen LogP contribution is -2.50. The molecule has 9 nitrogen and oxygen atoms in total. The van der Waals surface area contributed by atoms with Gasteiger partial charge >= 0.3 is 18.0 Å². The van der Waals surface area contributed by atoms with E-state index in [1.807, 2.05) is 0 Å². The predicted molar refractivity (Wildman–Crippen MR) is 100 cm³/mol. The van der Waals surface area contributed by atoms with Gasteiger partial charge in [0.2, 0.25) is 0 Å². The molecule has 0 spiro atoms. The lowest BCUT2D eigenvalue weighted by Gasteiger charge is -2.26. The number of urea groups is 1. The van der Waals surface area contributed by atoms with Gasteiger partial charge in [0.1, 0.15) is 6.61 Å². The Kier molecular flexibility index (Phi) is 6.79. The summed E-state index contributed by atoms with van der Waals surface area (Å²) in [6.07, 6.45) is 1.12. The topological polar surface area (TPSA) is 128 Å². The van der Waals surface area contributed by atoms with Crippen molar-refractivity contribution in [2.75, 3.05) is 19.5 Å². The summed E-state index contributed by atoms with van der Waals surface area (Å²) >= 11 is 0. The Labute approximate surface area is 163 Å². The van der Waals surface area contributed by atoms with Gasteiger partial charge < -0.3 is 20.1 Å². The molecular weight excluding hydrogens is 388 g/mol. The van der Waals surface area contributed by atoms with Gasteiger partial charge in [0.15, 0.2) is 9.84 Å². The van der Waals surface area contributed by atoms with Crippen LogP contribution in [0.5, 0.6) is 0 Å². The van der Waals surface area contributed by atoms with Crippen molar-refractivity contribution in [1.29, 1.82) is 0 Å². The number of benzene rings is 1. The highest BCUT2D eigenvalue weighted by atomic mass is 32.2. The summed E-state index contributed by atoms with van der Waals surface area (Å²) in [6.45, 7) is 3.12. The van der Waals surface area contributed by atoms with Crippen molar-refractivity contribution in [1.82, 2.24) is 10.6 Å². The molecule has 152 valence electrons. The van der Waals surface area contributed by atoms with Gasteiger partial charge in [-0.3, -0.25) is 0 Å². The van der Waals surface area contributed by atoms with Gasteiger partial charge in [-0.1, -0.05) is 12.1 Å². The van der Waals surface area contributed by atoms with Crippen molar-refractivity contribution in [3.05, 3.63) is 46.7 Å². The summed E-state index contributed by atoms with van der Waals surface area (Å²) in [5, 5.41) is 5.01. The maximum absolute atomic E-state index is 12.2. The fourth-order valence-corrected chi connectivity index (χ4v) is 3.45. The number of ether oxygens (including phenoxy) is 2. The van der Waals surface area contributed by atoms with Crippen molar-refractivity contribution >= 4 is 27.8 Å². The number of esters is 2. The van der Waals surface area contributed by atoms with Crippen LogP contribution in [0.2, 0.25) is 0 Å². The highest BCUT2D eigenvalue weighted by molar-refractivity contribution is 7.89. The van der Waals surface area contributed by atoms with Crippen LogP contribution in [0, 0.1) is 0 Å². The minimum atomic E-state index is -3.18. The van der Waals surface area contributed by atoms with E-state index in [9.17, 15) is 22.8 Å². The third-order valence-electron chi connectivity index (χ3n) is 3.83. The van der Waals surface area contributed by atoms with Gasteiger partial charge in [-0.05, 0) is 31.5 Å². The molecule has 28 heavy (non-hydrogen) atoms. The van der Waals surface area contributed by atoms with Crippen molar-refractivity contribution < 1.29 is 32.3 Å². The van der Waals surface area contributed by atoms with Gasteiger partial charge in [-0.15, -0.1) is 0 Å². The third kappa shape index (κ3) is 5.81. The van der Waals surface area contributed by atoms with Crippen molar-refractivity contribution in [2.24, 2.45) is 0 Å². The highest BCUT2D eigenvalue weighted by Gasteiger charge is 2.30. The molecule has 0 saturated carbocycles. The van der Waals surface area contributed by atoms with E-state index in [4.69, 9.17) is 9.47 Å². The summed E-state index contributed by atoms with van der Waals surface area (Å²) in [6, 6.07) is 4.83. The van der Waals surface area contributed by atoms with Crippen molar-refractivity contribution in [3.63, 3.8) is 0 Å². The Morgan fingerprint density at radius 2 is 1.75 bits per heavy atom. The van der Waals surface area contributed by atoms with E-state index in [0.29, 0.717) is 5.56 Å². The van der Waals surface area contributed by atoms with Crippen molar-refractivity contribution in [3.8, 4) is 0 Å². The molecule has 1 aliphatic rings. The molecule has 2 amide bonds. The standard InChI is InChI=1S/C18H22N2O7S/c1-4-26-17(22)15-11(2)19-18(23)20-14(15)9-27-16(21)13-7-5-12(6-8-13)10-28(3,24)25/h5-8,11H,4,9-10H2,1-3H3,(H2,19,20,23)/t11-/m0/s1. The minimum Gasteiger partial charge on any atom is -0.463 e. The SMILES string of the molecule is CCOC(=O)C1=C(COC(=O)c2ccc(CS(C)(=O)=O)cc2)NC(=O)N[C@H]1C. The molecule has 0 unspecified atom stereocenters. The van der Waals surface area contributed by atoms with Gasteiger partial charge in [0, 0.05) is 6.26 Å². The van der Waals surface area contributed by atoms with Gasteiger partial charge in [-0.25, -0.2) is 22.8 Å². The second-order valence-electron chi connectivity index (χ2n) is 6.28. The maximum atomic E-state index is 12.2. The first-order chi connectivity index (χ1) is 13.1. The zero-order valence-electron chi connectivity index (χ0n) is 15.8. The smallest absolute Gasteiger partial charge is 0.338 e. The third-order valence-corrected chi connectivity index (χ3v) is 4.69. The van der Waals surface area contributed by atoms with E-state index in [1.54, 1.807) is 13.8 Å². The second-order valence-corrected chi connectivity index (χ2v) is 8.42. The molecular formula is C18H22N2O7S. The molecule has 0 fully saturated rings. The zero-order valence-corrected chi connectivity index (χ0v) is 16.6. The van der Waals surface area contributed by atoms with E-state index in [-0.39, 0.29) is 35.8 Å². The van der Waals surface area contributed by atoms with Crippen LogP contribution in [-0.2, 0) is 29.9 Å². The first kappa shape index (κ1) is 21.4. The Morgan fingerprint density at radius 3 is 2.32 bits per heavy atom. The molecule has 2 rings (SSSR count). The largest absolute Gasteiger partial charge is 0.463 e. The van der Waals surface area contributed by atoms with E-state index in [1.165, 1.54) is 24.3 Å². The quantitative estimate of drug-likeness (QED) is 0.639. The Balaban J connectivity index is 2.11. The van der Waals surface area contributed by atoms with Gasteiger partial charge in [-0.2, -0.15) is 0 Å². The molecule has 0 aliphatic carbocycles. The lowest BCUT2D eigenvalue weighted by molar-refractivity contribution is -0.139. The summed E-state index contributed by atoms with van der Waals surface area (Å²) < 4.78 is 32.8. The van der Waals surface area contributed by atoms with Crippen LogP contribution < -0.4 is 10.6 Å². The minimum absolute atomic E-state index is 0.130. The Hall–Kier alpha value is -2.88. The van der Waals surface area contributed by atoms with E-state index >= 15 is 0 Å². The molecule has 0 saturated heterocycles. The average molecular weight is 410 g/mol. The number of nitrogens with one attached hydrogen (secondary N) is 2. The van der Waals surface area contributed by atoms with Crippen LogP contribution in [0.15, 0.2) is 35.5 Å². The zero-order chi connectivity index (χ0) is 20.9. The van der Waals surface area contributed by atoms with E-state index < -0.39 is 33.8 Å². The van der Waals surface area contributed by atoms with Crippen LogP contribution >= 0.6 is 0 Å². The molecule has 0 aromatic heterocycles. The number of amides is 2. The summed E-state index contributed by atoms with van der Waals surface area (Å²) in [4.78, 5) is 36.1. The number of rotatable bonds is 7. The molecule has 1 atom stereocenters. The molecule has 1 aliphatic heterocycles. The molecule has 10 heteroatoms. The van der Waals surface area contributed by atoms with Crippen LogP contribution in [0.1, 0.15) is 29.8 Å². The van der Waals surface area contributed by atoms with E-state index in [0.717, 1.165) is 6.26 Å². The number of hydrogen-bond donors (Lipinski definition) is 2. The number of carbonyl (C=O) groups excluding carboxylic acids is 3. The lowest BCUT2D eigenvalue weighted by atomic mass is 10.0. The van der Waals surface area contributed by atoms with Crippen LogP contribution in [0.4, 0.5) is 4.79 Å². The summed E-state index contributed by atoms with van der Waals surface area (Å²) in [5.41, 5.74) is 1.09. The number of carbonyl (C=O) groups is 3. The van der Waals surface area contributed by atoms with Crippen LogP contribution in [0.3, 0.4) is 0 Å².